The van der Waals surface area contributed by atoms with Crippen molar-refractivity contribution in [1.82, 2.24) is 10.2 Å². The number of morpholine rings is 1. The van der Waals surface area contributed by atoms with Crippen LogP contribution in [0.3, 0.4) is 0 Å². The first-order valence-electron chi connectivity index (χ1n) is 7.04. The summed E-state index contributed by atoms with van der Waals surface area (Å²) in [7, 11) is 0. The summed E-state index contributed by atoms with van der Waals surface area (Å²) < 4.78 is 5.93. The van der Waals surface area contributed by atoms with Crippen LogP contribution in [0.4, 0.5) is 0 Å². The van der Waals surface area contributed by atoms with Crippen LogP contribution in [-0.4, -0.2) is 43.3 Å². The first kappa shape index (κ1) is 12.2. The molecule has 1 N–H and O–H groups in total. The topological polar surface area (TPSA) is 24.5 Å². The molecule has 0 spiro atoms. The lowest BCUT2D eigenvalue weighted by molar-refractivity contribution is -0.0219. The van der Waals surface area contributed by atoms with E-state index in [9.17, 15) is 0 Å². The van der Waals surface area contributed by atoms with E-state index in [0.29, 0.717) is 12.1 Å². The molecule has 1 aromatic rings. The van der Waals surface area contributed by atoms with E-state index in [1.54, 1.807) is 0 Å². The Labute approximate surface area is 109 Å². The number of hydrogen-bond acceptors (Lipinski definition) is 3. The number of rotatable bonds is 3. The first-order valence-corrected chi connectivity index (χ1v) is 7.04. The zero-order valence-corrected chi connectivity index (χ0v) is 10.8. The molecule has 18 heavy (non-hydrogen) atoms. The normalized spacial score (nSPS) is 29.6. The van der Waals surface area contributed by atoms with Crippen LogP contribution in [0.1, 0.15) is 18.4 Å². The van der Waals surface area contributed by atoms with E-state index in [2.05, 4.69) is 40.5 Å². The molecule has 1 aromatic carbocycles. The zero-order valence-electron chi connectivity index (χ0n) is 10.8. The summed E-state index contributed by atoms with van der Waals surface area (Å²) in [5, 5.41) is 3.44. The predicted molar refractivity (Wildman–Crippen MR) is 72.5 cm³/mol. The minimum Gasteiger partial charge on any atom is -0.374 e. The summed E-state index contributed by atoms with van der Waals surface area (Å²) in [6.45, 7) is 5.14. The molecule has 0 radical (unpaired) electrons. The van der Waals surface area contributed by atoms with Gasteiger partial charge in [0.05, 0.1) is 12.7 Å². The average Bonchev–Trinajstić information content (AvgIpc) is 2.89. The fourth-order valence-corrected chi connectivity index (χ4v) is 3.12. The number of nitrogens with one attached hydrogen (secondary N) is 1. The van der Waals surface area contributed by atoms with Gasteiger partial charge in [0.15, 0.2) is 0 Å². The maximum absolute atomic E-state index is 5.93. The summed E-state index contributed by atoms with van der Waals surface area (Å²) in [5.74, 6) is 0. The molecule has 2 aliphatic rings. The highest BCUT2D eigenvalue weighted by Crippen LogP contribution is 2.24. The van der Waals surface area contributed by atoms with Crippen molar-refractivity contribution in [3.05, 3.63) is 35.9 Å². The van der Waals surface area contributed by atoms with Gasteiger partial charge < -0.3 is 10.1 Å². The van der Waals surface area contributed by atoms with E-state index in [1.165, 1.54) is 24.9 Å². The molecular formula is C15H22N2O. The quantitative estimate of drug-likeness (QED) is 0.877. The fourth-order valence-electron chi connectivity index (χ4n) is 3.12. The largest absolute Gasteiger partial charge is 0.374 e. The molecule has 98 valence electrons. The maximum Gasteiger partial charge on any atom is 0.0855 e. The maximum atomic E-state index is 5.93. The molecule has 2 unspecified atom stereocenters. The Morgan fingerprint density at radius 1 is 1.28 bits per heavy atom. The van der Waals surface area contributed by atoms with Crippen molar-refractivity contribution in [3.8, 4) is 0 Å². The van der Waals surface area contributed by atoms with Gasteiger partial charge in [-0.05, 0) is 24.9 Å². The van der Waals surface area contributed by atoms with Crippen LogP contribution in [0.15, 0.2) is 30.3 Å². The third-order valence-electron chi connectivity index (χ3n) is 4.03. The van der Waals surface area contributed by atoms with Crippen molar-refractivity contribution < 1.29 is 4.74 Å². The Bertz CT molecular complexity index is 362. The highest BCUT2D eigenvalue weighted by atomic mass is 16.5. The van der Waals surface area contributed by atoms with Crippen LogP contribution >= 0.6 is 0 Å². The average molecular weight is 246 g/mol. The molecule has 0 saturated carbocycles. The molecule has 2 fully saturated rings. The van der Waals surface area contributed by atoms with Crippen molar-refractivity contribution in [2.24, 2.45) is 0 Å². The van der Waals surface area contributed by atoms with E-state index in [1.807, 2.05) is 0 Å². The lowest BCUT2D eigenvalue weighted by atomic mass is 10.1. The monoisotopic (exact) mass is 246 g/mol. The van der Waals surface area contributed by atoms with E-state index >= 15 is 0 Å². The zero-order chi connectivity index (χ0) is 12.2. The van der Waals surface area contributed by atoms with Gasteiger partial charge in [0.2, 0.25) is 0 Å². The van der Waals surface area contributed by atoms with Crippen LogP contribution in [0.25, 0.3) is 0 Å². The van der Waals surface area contributed by atoms with Crippen molar-refractivity contribution >= 4 is 0 Å². The van der Waals surface area contributed by atoms with Crippen LogP contribution in [0, 0.1) is 0 Å². The van der Waals surface area contributed by atoms with Gasteiger partial charge in [0.1, 0.15) is 0 Å². The SMILES string of the molecule is c1ccc(CN2CCCC2C2CNCCO2)cc1. The molecule has 0 amide bonds. The summed E-state index contributed by atoms with van der Waals surface area (Å²) in [4.78, 5) is 2.59. The van der Waals surface area contributed by atoms with Gasteiger partial charge in [-0.1, -0.05) is 30.3 Å². The summed E-state index contributed by atoms with van der Waals surface area (Å²) in [5.41, 5.74) is 1.41. The van der Waals surface area contributed by atoms with Crippen LogP contribution in [-0.2, 0) is 11.3 Å². The minimum absolute atomic E-state index is 0.380. The lowest BCUT2D eigenvalue weighted by Gasteiger charge is -2.34. The van der Waals surface area contributed by atoms with E-state index < -0.39 is 0 Å². The molecular weight excluding hydrogens is 224 g/mol. The highest BCUT2D eigenvalue weighted by molar-refractivity contribution is 5.15. The second-order valence-electron chi connectivity index (χ2n) is 5.28. The molecule has 2 saturated heterocycles. The number of ether oxygens (including phenoxy) is 1. The fraction of sp³-hybridized carbons (Fsp3) is 0.600. The first-order chi connectivity index (χ1) is 8.93. The number of likely N-dealkylation sites (tertiary alicyclic amines) is 1. The molecule has 2 aliphatic heterocycles. The molecule has 0 bridgehead atoms. The summed E-state index contributed by atoms with van der Waals surface area (Å²) in [6.07, 6.45) is 2.96. The van der Waals surface area contributed by atoms with E-state index in [0.717, 1.165) is 26.2 Å². The van der Waals surface area contributed by atoms with Gasteiger partial charge in [0.25, 0.3) is 0 Å². The van der Waals surface area contributed by atoms with E-state index in [-0.39, 0.29) is 0 Å². The molecule has 3 heteroatoms. The van der Waals surface area contributed by atoms with Crippen LogP contribution in [0.2, 0.25) is 0 Å². The highest BCUT2D eigenvalue weighted by Gasteiger charge is 2.33. The lowest BCUT2D eigenvalue weighted by Crippen LogP contribution is -2.49. The summed E-state index contributed by atoms with van der Waals surface area (Å²) in [6, 6.07) is 11.4. The molecule has 2 atom stereocenters. The third kappa shape index (κ3) is 2.74. The number of benzene rings is 1. The van der Waals surface area contributed by atoms with Gasteiger partial charge in [-0.2, -0.15) is 0 Å². The molecule has 0 aliphatic carbocycles. The van der Waals surface area contributed by atoms with Crippen molar-refractivity contribution in [2.45, 2.75) is 31.5 Å². The predicted octanol–water partition coefficient (Wildman–Crippen LogP) is 1.64. The minimum atomic E-state index is 0.380. The summed E-state index contributed by atoms with van der Waals surface area (Å²) >= 11 is 0. The number of nitrogens with zero attached hydrogens (tertiary/aromatic N) is 1. The van der Waals surface area contributed by atoms with Crippen molar-refractivity contribution in [1.29, 1.82) is 0 Å². The Hall–Kier alpha value is -0.900. The molecule has 0 aromatic heterocycles. The van der Waals surface area contributed by atoms with Crippen LogP contribution in [0.5, 0.6) is 0 Å². The molecule has 3 nitrogen and oxygen atoms in total. The molecule has 2 heterocycles. The molecule has 3 rings (SSSR count). The van der Waals surface area contributed by atoms with Gasteiger partial charge in [0, 0.05) is 25.7 Å². The van der Waals surface area contributed by atoms with Gasteiger partial charge >= 0.3 is 0 Å². The standard InChI is InChI=1S/C15H22N2O/c1-2-5-13(6-3-1)12-17-9-4-7-14(17)15-11-16-8-10-18-15/h1-3,5-6,14-16H,4,7-12H2. The van der Waals surface area contributed by atoms with Crippen molar-refractivity contribution in [3.63, 3.8) is 0 Å². The van der Waals surface area contributed by atoms with E-state index in [4.69, 9.17) is 4.74 Å². The second kappa shape index (κ2) is 5.83. The Balaban J connectivity index is 1.63. The van der Waals surface area contributed by atoms with Gasteiger partial charge in [-0.15, -0.1) is 0 Å². The number of hydrogen-bond donors (Lipinski definition) is 1. The van der Waals surface area contributed by atoms with Crippen molar-refractivity contribution in [2.75, 3.05) is 26.2 Å². The third-order valence-corrected chi connectivity index (χ3v) is 4.03. The smallest absolute Gasteiger partial charge is 0.0855 e. The van der Waals surface area contributed by atoms with Crippen LogP contribution < -0.4 is 5.32 Å². The Morgan fingerprint density at radius 3 is 2.94 bits per heavy atom. The Kier molecular flexibility index (Phi) is 3.93. The second-order valence-corrected chi connectivity index (χ2v) is 5.28. The van der Waals surface area contributed by atoms with Gasteiger partial charge in [-0.3, -0.25) is 4.90 Å². The van der Waals surface area contributed by atoms with Gasteiger partial charge in [-0.25, -0.2) is 0 Å². The Morgan fingerprint density at radius 2 is 2.17 bits per heavy atom.